The molecular formula is C18H19ClN2O3S. The number of aryl methyl sites for hydroxylation is 1. The summed E-state index contributed by atoms with van der Waals surface area (Å²) in [5.41, 5.74) is 2.38. The monoisotopic (exact) mass is 378 g/mol. The molecule has 1 aliphatic rings. The molecule has 5 nitrogen and oxygen atoms in total. The number of halogens is 1. The van der Waals surface area contributed by atoms with Crippen LogP contribution in [0.4, 0.5) is 11.4 Å². The van der Waals surface area contributed by atoms with Crippen LogP contribution in [0.2, 0.25) is 5.02 Å². The van der Waals surface area contributed by atoms with Gasteiger partial charge in [-0.25, -0.2) is 8.42 Å². The second-order valence-corrected chi connectivity index (χ2v) is 8.51. The van der Waals surface area contributed by atoms with Crippen LogP contribution in [0.15, 0.2) is 42.5 Å². The minimum Gasteiger partial charge on any atom is -0.322 e. The van der Waals surface area contributed by atoms with Crippen molar-refractivity contribution in [2.75, 3.05) is 21.9 Å². The molecule has 0 aliphatic carbocycles. The summed E-state index contributed by atoms with van der Waals surface area (Å²) < 4.78 is 26.1. The Morgan fingerprint density at radius 3 is 2.68 bits per heavy atom. The summed E-state index contributed by atoms with van der Waals surface area (Å²) in [5, 5.41) is 3.31. The van der Waals surface area contributed by atoms with Gasteiger partial charge in [-0.2, -0.15) is 0 Å². The van der Waals surface area contributed by atoms with E-state index in [0.717, 1.165) is 12.0 Å². The summed E-state index contributed by atoms with van der Waals surface area (Å²) in [4.78, 5) is 12.5. The molecule has 1 amide bonds. The summed E-state index contributed by atoms with van der Waals surface area (Å²) >= 11 is 5.93. The molecule has 0 spiro atoms. The maximum atomic E-state index is 12.5. The molecular weight excluding hydrogens is 360 g/mol. The Hall–Kier alpha value is -2.05. The number of hydrogen-bond donors (Lipinski definition) is 1. The Labute approximate surface area is 152 Å². The van der Waals surface area contributed by atoms with E-state index in [9.17, 15) is 13.2 Å². The number of anilines is 2. The van der Waals surface area contributed by atoms with Crippen LogP contribution in [0.5, 0.6) is 0 Å². The van der Waals surface area contributed by atoms with Crippen molar-refractivity contribution in [2.24, 2.45) is 0 Å². The highest BCUT2D eigenvalue weighted by Gasteiger charge is 2.27. The van der Waals surface area contributed by atoms with E-state index in [-0.39, 0.29) is 11.7 Å². The summed E-state index contributed by atoms with van der Waals surface area (Å²) in [6, 6.07) is 12.0. The summed E-state index contributed by atoms with van der Waals surface area (Å²) in [5.74, 6) is -0.163. The number of rotatable bonds is 3. The Kier molecular flexibility index (Phi) is 5.01. The molecule has 1 N–H and O–H groups in total. The van der Waals surface area contributed by atoms with Gasteiger partial charge in [0.25, 0.3) is 5.91 Å². The summed E-state index contributed by atoms with van der Waals surface area (Å²) in [6.45, 7) is 2.29. The number of benzene rings is 2. The van der Waals surface area contributed by atoms with Gasteiger partial charge in [0.1, 0.15) is 0 Å². The quantitative estimate of drug-likeness (QED) is 0.882. The van der Waals surface area contributed by atoms with E-state index in [1.54, 1.807) is 42.5 Å². The number of nitrogens with zero attached hydrogens (tertiary/aromatic N) is 1. The number of nitrogens with one attached hydrogen (secondary N) is 1. The topological polar surface area (TPSA) is 66.5 Å². The molecule has 0 saturated carbocycles. The van der Waals surface area contributed by atoms with Crippen molar-refractivity contribution in [2.45, 2.75) is 19.8 Å². The molecule has 0 atom stereocenters. The van der Waals surface area contributed by atoms with Gasteiger partial charge in [0, 0.05) is 22.8 Å². The highest BCUT2D eigenvalue weighted by atomic mass is 35.5. The summed E-state index contributed by atoms with van der Waals surface area (Å²) in [7, 11) is -3.32. The van der Waals surface area contributed by atoms with Crippen molar-refractivity contribution >= 4 is 38.9 Å². The molecule has 3 rings (SSSR count). The van der Waals surface area contributed by atoms with Gasteiger partial charge in [-0.15, -0.1) is 0 Å². The number of carbonyl (C=O) groups is 1. The smallest absolute Gasteiger partial charge is 0.255 e. The van der Waals surface area contributed by atoms with E-state index in [1.165, 1.54) is 4.31 Å². The molecule has 0 aromatic heterocycles. The minimum absolute atomic E-state index is 0.144. The van der Waals surface area contributed by atoms with Crippen LogP contribution in [-0.4, -0.2) is 26.6 Å². The predicted octanol–water partition coefficient (Wildman–Crippen LogP) is 3.83. The largest absolute Gasteiger partial charge is 0.322 e. The van der Waals surface area contributed by atoms with Gasteiger partial charge in [0.05, 0.1) is 11.4 Å². The van der Waals surface area contributed by atoms with Gasteiger partial charge in [0.15, 0.2) is 0 Å². The van der Waals surface area contributed by atoms with Crippen molar-refractivity contribution < 1.29 is 13.2 Å². The lowest BCUT2D eigenvalue weighted by Gasteiger charge is -2.29. The van der Waals surface area contributed by atoms with E-state index >= 15 is 0 Å². The van der Waals surface area contributed by atoms with Crippen molar-refractivity contribution in [1.82, 2.24) is 0 Å². The third kappa shape index (κ3) is 3.96. The van der Waals surface area contributed by atoms with E-state index in [0.29, 0.717) is 34.9 Å². The van der Waals surface area contributed by atoms with Crippen molar-refractivity contribution in [1.29, 1.82) is 0 Å². The molecule has 0 radical (unpaired) electrons. The Bertz CT molecular complexity index is 912. The second kappa shape index (κ2) is 7.06. The average Bonchev–Trinajstić information content (AvgIpc) is 2.55. The van der Waals surface area contributed by atoms with Crippen LogP contribution in [0.3, 0.4) is 0 Å². The fraction of sp³-hybridized carbons (Fsp3) is 0.278. The fourth-order valence-electron chi connectivity index (χ4n) is 2.85. The normalized spacial score (nSPS) is 16.5. The molecule has 1 saturated heterocycles. The standard InChI is InChI=1S/C18H19ClN2O3S/c1-13-7-8-14(18(22)20-16-6-4-5-15(19)12-16)11-17(13)21-9-2-3-10-25(21,23)24/h4-8,11-12H,2-3,9-10H2,1H3,(H,20,22). The minimum atomic E-state index is -3.32. The molecule has 132 valence electrons. The fourth-order valence-corrected chi connectivity index (χ4v) is 4.73. The molecule has 1 heterocycles. The second-order valence-electron chi connectivity index (χ2n) is 6.06. The number of carbonyl (C=O) groups excluding carboxylic acids is 1. The van der Waals surface area contributed by atoms with Gasteiger partial charge >= 0.3 is 0 Å². The van der Waals surface area contributed by atoms with Gasteiger partial charge in [-0.3, -0.25) is 9.10 Å². The van der Waals surface area contributed by atoms with Crippen molar-refractivity contribution in [3.8, 4) is 0 Å². The maximum Gasteiger partial charge on any atom is 0.255 e. The lowest BCUT2D eigenvalue weighted by Crippen LogP contribution is -2.38. The average molecular weight is 379 g/mol. The van der Waals surface area contributed by atoms with Crippen LogP contribution < -0.4 is 9.62 Å². The third-order valence-electron chi connectivity index (χ3n) is 4.17. The zero-order chi connectivity index (χ0) is 18.0. The molecule has 2 aromatic carbocycles. The first-order valence-corrected chi connectivity index (χ1v) is 10.0. The highest BCUT2D eigenvalue weighted by molar-refractivity contribution is 7.92. The van der Waals surface area contributed by atoms with Gasteiger partial charge < -0.3 is 5.32 Å². The van der Waals surface area contributed by atoms with Crippen LogP contribution in [0.25, 0.3) is 0 Å². The zero-order valence-electron chi connectivity index (χ0n) is 13.8. The lowest BCUT2D eigenvalue weighted by atomic mass is 10.1. The summed E-state index contributed by atoms with van der Waals surface area (Å²) in [6.07, 6.45) is 1.49. The number of amides is 1. The van der Waals surface area contributed by atoms with Crippen LogP contribution in [0.1, 0.15) is 28.8 Å². The van der Waals surface area contributed by atoms with E-state index in [4.69, 9.17) is 11.6 Å². The molecule has 7 heteroatoms. The molecule has 1 fully saturated rings. The van der Waals surface area contributed by atoms with Crippen LogP contribution >= 0.6 is 11.6 Å². The number of hydrogen-bond acceptors (Lipinski definition) is 3. The molecule has 25 heavy (non-hydrogen) atoms. The maximum absolute atomic E-state index is 12.5. The SMILES string of the molecule is Cc1ccc(C(=O)Nc2cccc(Cl)c2)cc1N1CCCCS1(=O)=O. The van der Waals surface area contributed by atoms with Crippen molar-refractivity contribution in [3.05, 3.63) is 58.6 Å². The molecule has 1 aliphatic heterocycles. The van der Waals surface area contributed by atoms with Crippen LogP contribution in [-0.2, 0) is 10.0 Å². The first-order chi connectivity index (χ1) is 11.9. The predicted molar refractivity (Wildman–Crippen MR) is 101 cm³/mol. The highest BCUT2D eigenvalue weighted by Crippen LogP contribution is 2.28. The molecule has 0 unspecified atom stereocenters. The molecule has 2 aromatic rings. The Morgan fingerprint density at radius 1 is 1.16 bits per heavy atom. The van der Waals surface area contributed by atoms with Gasteiger partial charge in [-0.1, -0.05) is 23.7 Å². The Balaban J connectivity index is 1.89. The van der Waals surface area contributed by atoms with E-state index in [2.05, 4.69) is 5.32 Å². The Morgan fingerprint density at radius 2 is 1.96 bits per heavy atom. The zero-order valence-corrected chi connectivity index (χ0v) is 15.4. The first-order valence-electron chi connectivity index (χ1n) is 8.05. The van der Waals surface area contributed by atoms with Gasteiger partial charge in [0.2, 0.25) is 10.0 Å². The van der Waals surface area contributed by atoms with E-state index in [1.807, 2.05) is 6.92 Å². The third-order valence-corrected chi connectivity index (χ3v) is 6.26. The number of sulfonamides is 1. The lowest BCUT2D eigenvalue weighted by molar-refractivity contribution is 0.102. The van der Waals surface area contributed by atoms with E-state index < -0.39 is 10.0 Å². The van der Waals surface area contributed by atoms with Crippen LogP contribution in [0, 0.1) is 6.92 Å². The van der Waals surface area contributed by atoms with Gasteiger partial charge in [-0.05, 0) is 55.7 Å². The van der Waals surface area contributed by atoms with Crippen molar-refractivity contribution in [3.63, 3.8) is 0 Å². The molecule has 0 bridgehead atoms. The first kappa shape index (κ1) is 17.8.